The lowest BCUT2D eigenvalue weighted by molar-refractivity contribution is 0.0949. The van der Waals surface area contributed by atoms with Crippen LogP contribution in [-0.2, 0) is 6.54 Å². The fourth-order valence-corrected chi connectivity index (χ4v) is 6.54. The number of carbonyl (C=O) groups excluding carboxylic acids is 2. The number of nitrogens with one attached hydrogen (secondary N) is 3. The molecule has 198 valence electrons. The highest BCUT2D eigenvalue weighted by atomic mass is 32.2. The largest absolute Gasteiger partial charge is 0.493 e. The highest BCUT2D eigenvalue weighted by molar-refractivity contribution is 7.99. The summed E-state index contributed by atoms with van der Waals surface area (Å²) in [5.74, 6) is 1.06. The van der Waals surface area contributed by atoms with Crippen molar-refractivity contribution < 1.29 is 14.3 Å². The molecule has 6 rings (SSSR count). The van der Waals surface area contributed by atoms with Crippen LogP contribution < -0.4 is 20.7 Å². The maximum Gasteiger partial charge on any atom is 0.256 e. The summed E-state index contributed by atoms with van der Waals surface area (Å²) in [6, 6.07) is 20.9. The van der Waals surface area contributed by atoms with Gasteiger partial charge in [0, 0.05) is 44.5 Å². The van der Waals surface area contributed by atoms with Crippen molar-refractivity contribution in [3.8, 4) is 16.3 Å². The van der Waals surface area contributed by atoms with Crippen molar-refractivity contribution in [3.05, 3.63) is 88.9 Å². The van der Waals surface area contributed by atoms with Gasteiger partial charge in [0.25, 0.3) is 11.8 Å². The van der Waals surface area contributed by atoms with E-state index in [0.717, 1.165) is 50.7 Å². The third-order valence-electron chi connectivity index (χ3n) is 6.80. The monoisotopic (exact) mass is 556 g/mol. The molecule has 1 aromatic heterocycles. The van der Waals surface area contributed by atoms with Crippen LogP contribution in [0.3, 0.4) is 0 Å². The summed E-state index contributed by atoms with van der Waals surface area (Å²) in [6.07, 6.45) is 4.21. The second-order valence-corrected chi connectivity index (χ2v) is 11.8. The van der Waals surface area contributed by atoms with E-state index < -0.39 is 0 Å². The lowest BCUT2D eigenvalue weighted by Gasteiger charge is -2.22. The number of hydrogen-bond acceptors (Lipinski definition) is 7. The minimum atomic E-state index is -0.205. The summed E-state index contributed by atoms with van der Waals surface area (Å²) >= 11 is 3.06. The van der Waals surface area contributed by atoms with Gasteiger partial charge in [0.05, 0.1) is 24.4 Å². The summed E-state index contributed by atoms with van der Waals surface area (Å²) in [6.45, 7) is 3.23. The Labute approximate surface area is 235 Å². The van der Waals surface area contributed by atoms with E-state index in [9.17, 15) is 9.59 Å². The van der Waals surface area contributed by atoms with Gasteiger partial charge in [-0.2, -0.15) is 0 Å². The fourth-order valence-electron chi connectivity index (χ4n) is 4.68. The number of ether oxygens (including phenoxy) is 1. The number of nitrogens with zero attached hydrogens (tertiary/aromatic N) is 1. The summed E-state index contributed by atoms with van der Waals surface area (Å²) in [5, 5.41) is 10.2. The number of benzene rings is 3. The molecule has 7 nitrogen and oxygen atoms in total. The van der Waals surface area contributed by atoms with Gasteiger partial charge < -0.3 is 20.7 Å². The first kappa shape index (κ1) is 25.6. The van der Waals surface area contributed by atoms with Gasteiger partial charge in [-0.25, -0.2) is 4.98 Å². The van der Waals surface area contributed by atoms with Crippen LogP contribution in [-0.4, -0.2) is 36.5 Å². The Morgan fingerprint density at radius 3 is 2.79 bits per heavy atom. The molecule has 3 N–H and O–H groups in total. The third-order valence-corrected chi connectivity index (χ3v) is 9.00. The van der Waals surface area contributed by atoms with Crippen LogP contribution in [0.15, 0.2) is 82.7 Å². The lowest BCUT2D eigenvalue weighted by Crippen LogP contribution is -2.33. The van der Waals surface area contributed by atoms with Crippen LogP contribution >= 0.6 is 23.1 Å². The molecular formula is C30H28N4O3S2. The Morgan fingerprint density at radius 2 is 1.95 bits per heavy atom. The van der Waals surface area contributed by atoms with E-state index in [4.69, 9.17) is 4.74 Å². The van der Waals surface area contributed by atoms with E-state index in [2.05, 4.69) is 20.9 Å². The van der Waals surface area contributed by atoms with Crippen molar-refractivity contribution in [3.63, 3.8) is 0 Å². The molecule has 1 atom stereocenters. The third kappa shape index (κ3) is 6.00. The van der Waals surface area contributed by atoms with Crippen molar-refractivity contribution >= 4 is 40.6 Å². The quantitative estimate of drug-likeness (QED) is 0.265. The first-order chi connectivity index (χ1) is 19.1. The van der Waals surface area contributed by atoms with Crippen LogP contribution in [0, 0.1) is 5.92 Å². The zero-order valence-electron chi connectivity index (χ0n) is 21.2. The molecule has 2 amide bonds. The molecule has 4 aromatic rings. The Kier molecular flexibility index (Phi) is 7.62. The smallest absolute Gasteiger partial charge is 0.256 e. The van der Waals surface area contributed by atoms with Crippen LogP contribution in [0.25, 0.3) is 10.6 Å². The SMILES string of the molecule is O=C(NCc1cnc(-c2ccc(OCC3CCCNC3)cc2)s1)c1ccc2c(c1)NC(=O)c1ccccc1S2. The zero-order valence-corrected chi connectivity index (χ0v) is 22.9. The molecule has 39 heavy (non-hydrogen) atoms. The number of rotatable bonds is 7. The van der Waals surface area contributed by atoms with Crippen LogP contribution in [0.4, 0.5) is 5.69 Å². The second-order valence-electron chi connectivity index (χ2n) is 9.63. The molecular weight excluding hydrogens is 528 g/mol. The maximum absolute atomic E-state index is 12.9. The molecule has 2 aliphatic rings. The van der Waals surface area contributed by atoms with Crippen LogP contribution in [0.1, 0.15) is 38.4 Å². The molecule has 3 aromatic carbocycles. The fraction of sp³-hybridized carbons (Fsp3) is 0.233. The molecule has 0 spiro atoms. The molecule has 0 saturated carbocycles. The normalized spacial score (nSPS) is 16.4. The first-order valence-corrected chi connectivity index (χ1v) is 14.6. The number of piperidine rings is 1. The van der Waals surface area contributed by atoms with Gasteiger partial charge in [-0.15, -0.1) is 11.3 Å². The first-order valence-electron chi connectivity index (χ1n) is 13.0. The van der Waals surface area contributed by atoms with E-state index in [1.54, 1.807) is 35.7 Å². The van der Waals surface area contributed by atoms with E-state index in [1.165, 1.54) is 24.6 Å². The second kappa shape index (κ2) is 11.6. The van der Waals surface area contributed by atoms with E-state index in [1.807, 2.05) is 48.5 Å². The summed E-state index contributed by atoms with van der Waals surface area (Å²) in [5.41, 5.74) is 2.77. The van der Waals surface area contributed by atoms with Gasteiger partial charge in [0.1, 0.15) is 10.8 Å². The van der Waals surface area contributed by atoms with Crippen molar-refractivity contribution in [1.82, 2.24) is 15.6 Å². The summed E-state index contributed by atoms with van der Waals surface area (Å²) < 4.78 is 5.98. The number of fused-ring (bicyclic) bond motifs is 2. The van der Waals surface area contributed by atoms with Crippen molar-refractivity contribution in [1.29, 1.82) is 0 Å². The Morgan fingerprint density at radius 1 is 1.08 bits per heavy atom. The van der Waals surface area contributed by atoms with Gasteiger partial charge >= 0.3 is 0 Å². The molecule has 0 bridgehead atoms. The predicted octanol–water partition coefficient (Wildman–Crippen LogP) is 5.84. The molecule has 1 unspecified atom stereocenters. The van der Waals surface area contributed by atoms with Crippen molar-refractivity contribution in [2.45, 2.75) is 29.2 Å². The minimum Gasteiger partial charge on any atom is -0.493 e. The number of anilines is 1. The van der Waals surface area contributed by atoms with Gasteiger partial charge in [-0.1, -0.05) is 23.9 Å². The number of amides is 2. The van der Waals surface area contributed by atoms with E-state index in [-0.39, 0.29) is 11.8 Å². The standard InChI is InChI=1S/C30H28N4O3S2/c35-28(21-9-12-27-25(14-21)34-29(36)24-5-1-2-6-26(24)39-27)32-16-23-17-33-30(38-23)20-7-10-22(11-8-20)37-18-19-4-3-13-31-15-19/h1-2,5-12,14,17,19,31H,3-4,13,15-16,18H2,(H,32,35)(H,34,36). The average Bonchev–Trinajstić information content (AvgIpc) is 3.40. The highest BCUT2D eigenvalue weighted by Gasteiger charge is 2.21. The zero-order chi connectivity index (χ0) is 26.6. The average molecular weight is 557 g/mol. The maximum atomic E-state index is 12.9. The van der Waals surface area contributed by atoms with Crippen LogP contribution in [0.2, 0.25) is 0 Å². The summed E-state index contributed by atoms with van der Waals surface area (Å²) in [4.78, 5) is 32.9. The molecule has 9 heteroatoms. The van der Waals surface area contributed by atoms with Crippen LogP contribution in [0.5, 0.6) is 5.75 Å². The Hall–Kier alpha value is -3.66. The molecule has 1 saturated heterocycles. The van der Waals surface area contributed by atoms with Crippen molar-refractivity contribution in [2.75, 3.05) is 25.0 Å². The number of hydrogen-bond donors (Lipinski definition) is 3. The number of carbonyl (C=O) groups is 2. The number of thiazole rings is 1. The van der Waals surface area contributed by atoms with Crippen molar-refractivity contribution in [2.24, 2.45) is 5.92 Å². The predicted molar refractivity (Wildman–Crippen MR) is 155 cm³/mol. The topological polar surface area (TPSA) is 92.3 Å². The molecule has 0 radical (unpaired) electrons. The highest BCUT2D eigenvalue weighted by Crippen LogP contribution is 2.39. The molecule has 3 heterocycles. The van der Waals surface area contributed by atoms with Gasteiger partial charge in [-0.3, -0.25) is 9.59 Å². The van der Waals surface area contributed by atoms with E-state index >= 15 is 0 Å². The molecule has 0 aliphatic carbocycles. The number of aromatic nitrogens is 1. The van der Waals surface area contributed by atoms with Gasteiger partial charge in [0.2, 0.25) is 0 Å². The Balaban J connectivity index is 1.05. The van der Waals surface area contributed by atoms with E-state index in [0.29, 0.717) is 29.3 Å². The Bertz CT molecular complexity index is 1500. The lowest BCUT2D eigenvalue weighted by atomic mass is 10.0. The van der Waals surface area contributed by atoms with Gasteiger partial charge in [-0.05, 0) is 74.0 Å². The summed E-state index contributed by atoms with van der Waals surface area (Å²) in [7, 11) is 0. The molecule has 2 aliphatic heterocycles. The molecule has 1 fully saturated rings. The minimum absolute atomic E-state index is 0.173. The van der Waals surface area contributed by atoms with Gasteiger partial charge in [0.15, 0.2) is 0 Å².